The van der Waals surface area contributed by atoms with Gasteiger partial charge in [-0.25, -0.2) is 0 Å². The molecule has 0 bridgehead atoms. The first kappa shape index (κ1) is 15.7. The maximum atomic E-state index is 12.1. The quantitative estimate of drug-likeness (QED) is 0.877. The summed E-state index contributed by atoms with van der Waals surface area (Å²) in [6.45, 7) is 0.269. The molecule has 21 heavy (non-hydrogen) atoms. The van der Waals surface area contributed by atoms with Gasteiger partial charge in [0.1, 0.15) is 11.3 Å². The highest BCUT2D eigenvalue weighted by atomic mass is 19.3. The van der Waals surface area contributed by atoms with E-state index in [0.29, 0.717) is 19.4 Å². The second-order valence-electron chi connectivity index (χ2n) is 5.24. The zero-order valence-electron chi connectivity index (χ0n) is 11.9. The number of hydrogen-bond donors (Lipinski definition) is 1. The summed E-state index contributed by atoms with van der Waals surface area (Å²) < 4.78 is 28.5. The van der Waals surface area contributed by atoms with Crippen molar-refractivity contribution in [1.82, 2.24) is 4.90 Å². The van der Waals surface area contributed by atoms with Crippen LogP contribution in [0.4, 0.5) is 8.78 Å². The number of aliphatic carboxylic acids is 1. The van der Waals surface area contributed by atoms with Gasteiger partial charge in [0.05, 0.1) is 0 Å². The summed E-state index contributed by atoms with van der Waals surface area (Å²) in [6, 6.07) is 6.34. The first-order valence-electron chi connectivity index (χ1n) is 7.00. The van der Waals surface area contributed by atoms with Crippen LogP contribution in [0.3, 0.4) is 0 Å². The molecule has 0 aromatic heterocycles. The number of hydrogen-bond acceptors (Lipinski definition) is 3. The lowest BCUT2D eigenvalue weighted by Crippen LogP contribution is -2.49. The predicted molar refractivity (Wildman–Crippen MR) is 73.4 cm³/mol. The lowest BCUT2D eigenvalue weighted by atomic mass is 9.92. The molecule has 1 fully saturated rings. The number of rotatable bonds is 6. The highest BCUT2D eigenvalue weighted by Gasteiger charge is 2.45. The van der Waals surface area contributed by atoms with Crippen molar-refractivity contribution < 1.29 is 23.4 Å². The van der Waals surface area contributed by atoms with E-state index >= 15 is 0 Å². The fraction of sp³-hybridized carbons (Fsp3) is 0.533. The normalized spacial score (nSPS) is 22.7. The molecule has 6 heteroatoms. The molecule has 116 valence electrons. The monoisotopic (exact) mass is 299 g/mol. The van der Waals surface area contributed by atoms with E-state index in [9.17, 15) is 18.7 Å². The topological polar surface area (TPSA) is 49.8 Å². The van der Waals surface area contributed by atoms with Crippen LogP contribution in [0, 0.1) is 0 Å². The molecular weight excluding hydrogens is 280 g/mol. The average Bonchev–Trinajstić information content (AvgIpc) is 2.84. The van der Waals surface area contributed by atoms with Crippen molar-refractivity contribution in [3.05, 3.63) is 29.8 Å². The molecule has 0 amide bonds. The van der Waals surface area contributed by atoms with Gasteiger partial charge in [-0.15, -0.1) is 0 Å². The largest absolute Gasteiger partial charge is 0.480 e. The van der Waals surface area contributed by atoms with Crippen molar-refractivity contribution in [2.75, 3.05) is 6.54 Å². The Hall–Kier alpha value is -1.69. The van der Waals surface area contributed by atoms with Crippen LogP contribution in [-0.2, 0) is 11.3 Å². The summed E-state index contributed by atoms with van der Waals surface area (Å²) >= 11 is 0. The lowest BCUT2D eigenvalue weighted by molar-refractivity contribution is -0.150. The molecule has 1 aromatic rings. The standard InChI is InChI=1S/C15H19F2NO3/c1-2-15(13(19)20)8-3-9-18(15)10-11-4-6-12(7-5-11)21-14(16)17/h4-7,14H,2-3,8-10H2,1H3,(H,19,20). The molecule has 2 rings (SSSR count). The van der Waals surface area contributed by atoms with Crippen LogP contribution in [0.15, 0.2) is 24.3 Å². The van der Waals surface area contributed by atoms with Crippen molar-refractivity contribution >= 4 is 5.97 Å². The predicted octanol–water partition coefficient (Wildman–Crippen LogP) is 3.12. The fourth-order valence-electron chi connectivity index (χ4n) is 2.96. The zero-order chi connectivity index (χ0) is 15.5. The molecule has 0 radical (unpaired) electrons. The van der Waals surface area contributed by atoms with Crippen molar-refractivity contribution in [2.24, 2.45) is 0 Å². The van der Waals surface area contributed by atoms with E-state index in [1.165, 1.54) is 12.1 Å². The van der Waals surface area contributed by atoms with Gasteiger partial charge < -0.3 is 9.84 Å². The van der Waals surface area contributed by atoms with E-state index in [2.05, 4.69) is 4.74 Å². The number of alkyl halides is 2. The first-order chi connectivity index (χ1) is 9.98. The third kappa shape index (κ3) is 3.32. The first-order valence-corrected chi connectivity index (χ1v) is 7.00. The minimum Gasteiger partial charge on any atom is -0.480 e. The van der Waals surface area contributed by atoms with Gasteiger partial charge in [-0.2, -0.15) is 8.78 Å². The summed E-state index contributed by atoms with van der Waals surface area (Å²) in [4.78, 5) is 13.5. The Morgan fingerprint density at radius 1 is 1.43 bits per heavy atom. The summed E-state index contributed by atoms with van der Waals surface area (Å²) in [7, 11) is 0. The zero-order valence-corrected chi connectivity index (χ0v) is 11.9. The molecule has 0 aliphatic carbocycles. The Balaban J connectivity index is 2.08. The van der Waals surface area contributed by atoms with Crippen LogP contribution >= 0.6 is 0 Å². The maximum Gasteiger partial charge on any atom is 0.387 e. The van der Waals surface area contributed by atoms with E-state index in [1.54, 1.807) is 12.1 Å². The van der Waals surface area contributed by atoms with Crippen LogP contribution in [0.5, 0.6) is 5.75 Å². The van der Waals surface area contributed by atoms with E-state index in [0.717, 1.165) is 18.5 Å². The number of halogens is 2. The molecule has 1 aliphatic rings. The Morgan fingerprint density at radius 3 is 2.62 bits per heavy atom. The molecule has 1 aliphatic heterocycles. The fourth-order valence-corrected chi connectivity index (χ4v) is 2.96. The van der Waals surface area contributed by atoms with E-state index in [1.807, 2.05) is 11.8 Å². The molecule has 1 atom stereocenters. The highest BCUT2D eigenvalue weighted by molar-refractivity contribution is 5.79. The summed E-state index contributed by atoms with van der Waals surface area (Å²) in [5.41, 5.74) is 0.0793. The molecule has 1 unspecified atom stereocenters. The van der Waals surface area contributed by atoms with Crippen molar-refractivity contribution in [1.29, 1.82) is 0 Å². The van der Waals surface area contributed by atoms with E-state index in [4.69, 9.17) is 0 Å². The number of benzene rings is 1. The van der Waals surface area contributed by atoms with Crippen molar-refractivity contribution in [3.8, 4) is 5.75 Å². The van der Waals surface area contributed by atoms with Crippen LogP contribution < -0.4 is 4.74 Å². The average molecular weight is 299 g/mol. The molecular formula is C15H19F2NO3. The Labute approximate surface area is 122 Å². The molecule has 1 saturated heterocycles. The Kier molecular flexibility index (Phi) is 4.77. The van der Waals surface area contributed by atoms with Crippen molar-refractivity contribution in [3.63, 3.8) is 0 Å². The minimum absolute atomic E-state index is 0.107. The number of carboxylic acids is 1. The van der Waals surface area contributed by atoms with Gasteiger partial charge in [0.25, 0.3) is 0 Å². The second kappa shape index (κ2) is 6.39. The third-order valence-electron chi connectivity index (χ3n) is 4.13. The molecule has 1 heterocycles. The Morgan fingerprint density at radius 2 is 2.10 bits per heavy atom. The van der Waals surface area contributed by atoms with Gasteiger partial charge >= 0.3 is 12.6 Å². The third-order valence-corrected chi connectivity index (χ3v) is 4.13. The number of carbonyl (C=O) groups is 1. The number of likely N-dealkylation sites (tertiary alicyclic amines) is 1. The number of nitrogens with zero attached hydrogens (tertiary/aromatic N) is 1. The van der Waals surface area contributed by atoms with Crippen molar-refractivity contribution in [2.45, 2.75) is 44.9 Å². The summed E-state index contributed by atoms with van der Waals surface area (Å²) in [5, 5.41) is 9.51. The number of ether oxygens (including phenoxy) is 1. The Bertz CT molecular complexity index is 492. The van der Waals surface area contributed by atoms with Crippen LogP contribution in [0.2, 0.25) is 0 Å². The van der Waals surface area contributed by atoms with E-state index < -0.39 is 18.1 Å². The second-order valence-corrected chi connectivity index (χ2v) is 5.24. The van der Waals surface area contributed by atoms with E-state index in [-0.39, 0.29) is 5.75 Å². The number of carboxylic acid groups (broad SMARTS) is 1. The summed E-state index contributed by atoms with van der Waals surface area (Å²) in [5.74, 6) is -0.685. The lowest BCUT2D eigenvalue weighted by Gasteiger charge is -2.33. The summed E-state index contributed by atoms with van der Waals surface area (Å²) in [6.07, 6.45) is 2.05. The van der Waals surface area contributed by atoms with Crippen LogP contribution in [0.25, 0.3) is 0 Å². The molecule has 0 spiro atoms. The van der Waals surface area contributed by atoms with Crippen LogP contribution in [-0.4, -0.2) is 34.7 Å². The smallest absolute Gasteiger partial charge is 0.387 e. The van der Waals surface area contributed by atoms with Gasteiger partial charge in [-0.05, 0) is 43.5 Å². The van der Waals surface area contributed by atoms with Gasteiger partial charge in [0.2, 0.25) is 0 Å². The minimum atomic E-state index is -2.84. The van der Waals surface area contributed by atoms with Gasteiger partial charge in [0, 0.05) is 6.54 Å². The SMILES string of the molecule is CCC1(C(=O)O)CCCN1Cc1ccc(OC(F)F)cc1. The maximum absolute atomic E-state index is 12.1. The van der Waals surface area contributed by atoms with Crippen LogP contribution in [0.1, 0.15) is 31.7 Å². The van der Waals surface area contributed by atoms with Gasteiger partial charge in [-0.3, -0.25) is 9.69 Å². The molecule has 1 aromatic carbocycles. The van der Waals surface area contributed by atoms with Gasteiger partial charge in [0.15, 0.2) is 0 Å². The molecule has 0 saturated carbocycles. The van der Waals surface area contributed by atoms with Gasteiger partial charge in [-0.1, -0.05) is 19.1 Å². The molecule has 4 nitrogen and oxygen atoms in total. The highest BCUT2D eigenvalue weighted by Crippen LogP contribution is 2.34. The molecule has 1 N–H and O–H groups in total.